The first-order valence-corrected chi connectivity index (χ1v) is 9.01. The molecule has 0 radical (unpaired) electrons. The Labute approximate surface area is 159 Å². The Kier molecular flexibility index (Phi) is 7.18. The highest BCUT2D eigenvalue weighted by atomic mass is 16.5. The number of aryl methyl sites for hydroxylation is 2. The van der Waals surface area contributed by atoms with Gasteiger partial charge in [-0.25, -0.2) is 0 Å². The van der Waals surface area contributed by atoms with E-state index >= 15 is 0 Å². The molecule has 0 aliphatic rings. The number of nitriles is 1. The number of aromatic nitrogens is 1. The van der Waals surface area contributed by atoms with Crippen LogP contribution in [0.4, 0.5) is 0 Å². The van der Waals surface area contributed by atoms with Gasteiger partial charge >= 0.3 is 0 Å². The van der Waals surface area contributed by atoms with Crippen LogP contribution in [0.1, 0.15) is 40.8 Å². The van der Waals surface area contributed by atoms with E-state index in [0.29, 0.717) is 37.3 Å². The summed E-state index contributed by atoms with van der Waals surface area (Å²) in [4.78, 5) is 26.5. The molecule has 6 heteroatoms. The van der Waals surface area contributed by atoms with E-state index in [2.05, 4.69) is 10.3 Å². The molecule has 1 aromatic heterocycles. The van der Waals surface area contributed by atoms with E-state index in [1.54, 1.807) is 13.8 Å². The maximum atomic E-state index is 12.0. The fourth-order valence-corrected chi connectivity index (χ4v) is 2.94. The van der Waals surface area contributed by atoms with E-state index in [1.807, 2.05) is 37.3 Å². The SMILES string of the molecule is Cc1cccc(OCCCNC(=O)CCc2c(C)[nH]c(=O)c(C#N)c2C)c1. The minimum Gasteiger partial charge on any atom is -0.494 e. The highest BCUT2D eigenvalue weighted by molar-refractivity contribution is 5.76. The zero-order valence-electron chi connectivity index (χ0n) is 16.0. The number of carbonyl (C=O) groups excluding carboxylic acids is 1. The molecule has 0 aliphatic heterocycles. The molecule has 0 atom stereocenters. The predicted octanol–water partition coefficient (Wildman–Crippen LogP) is 2.69. The van der Waals surface area contributed by atoms with Crippen molar-refractivity contribution in [3.63, 3.8) is 0 Å². The van der Waals surface area contributed by atoms with Gasteiger partial charge in [-0.1, -0.05) is 12.1 Å². The van der Waals surface area contributed by atoms with Crippen LogP contribution in [-0.4, -0.2) is 24.0 Å². The van der Waals surface area contributed by atoms with Crippen molar-refractivity contribution in [2.24, 2.45) is 0 Å². The average Bonchev–Trinajstić information content (AvgIpc) is 2.61. The molecule has 2 aromatic rings. The van der Waals surface area contributed by atoms with Gasteiger partial charge in [0.25, 0.3) is 5.56 Å². The lowest BCUT2D eigenvalue weighted by Crippen LogP contribution is -2.26. The third-order valence-corrected chi connectivity index (χ3v) is 4.42. The van der Waals surface area contributed by atoms with Crippen LogP contribution >= 0.6 is 0 Å². The molecule has 0 saturated heterocycles. The van der Waals surface area contributed by atoms with Gasteiger partial charge in [-0.15, -0.1) is 0 Å². The summed E-state index contributed by atoms with van der Waals surface area (Å²) < 4.78 is 5.65. The van der Waals surface area contributed by atoms with Crippen molar-refractivity contribution >= 4 is 5.91 Å². The monoisotopic (exact) mass is 367 g/mol. The number of hydrogen-bond acceptors (Lipinski definition) is 4. The minimum atomic E-state index is -0.380. The summed E-state index contributed by atoms with van der Waals surface area (Å²) in [7, 11) is 0. The largest absolute Gasteiger partial charge is 0.494 e. The van der Waals surface area contributed by atoms with E-state index in [4.69, 9.17) is 10.00 Å². The molecule has 0 bridgehead atoms. The molecular weight excluding hydrogens is 342 g/mol. The second kappa shape index (κ2) is 9.58. The number of H-pyrrole nitrogens is 1. The highest BCUT2D eigenvalue weighted by Crippen LogP contribution is 2.15. The molecule has 0 unspecified atom stereocenters. The van der Waals surface area contributed by atoms with Crippen LogP contribution in [0.2, 0.25) is 0 Å². The van der Waals surface area contributed by atoms with Crippen molar-refractivity contribution in [2.75, 3.05) is 13.2 Å². The number of pyridine rings is 1. The molecule has 0 spiro atoms. The number of hydrogen-bond donors (Lipinski definition) is 2. The lowest BCUT2D eigenvalue weighted by molar-refractivity contribution is -0.121. The highest BCUT2D eigenvalue weighted by Gasteiger charge is 2.13. The Morgan fingerprint density at radius 3 is 2.78 bits per heavy atom. The molecule has 142 valence electrons. The maximum absolute atomic E-state index is 12.0. The van der Waals surface area contributed by atoms with E-state index in [9.17, 15) is 9.59 Å². The molecule has 0 fully saturated rings. The third kappa shape index (κ3) is 5.71. The van der Waals surface area contributed by atoms with Crippen molar-refractivity contribution in [1.29, 1.82) is 5.26 Å². The van der Waals surface area contributed by atoms with Gasteiger partial charge in [0.05, 0.1) is 6.61 Å². The molecule has 27 heavy (non-hydrogen) atoms. The van der Waals surface area contributed by atoms with Crippen molar-refractivity contribution in [1.82, 2.24) is 10.3 Å². The van der Waals surface area contributed by atoms with Crippen molar-refractivity contribution in [2.45, 2.75) is 40.0 Å². The zero-order chi connectivity index (χ0) is 19.8. The van der Waals surface area contributed by atoms with Crippen molar-refractivity contribution in [3.8, 4) is 11.8 Å². The van der Waals surface area contributed by atoms with Crippen LogP contribution in [0.15, 0.2) is 29.1 Å². The van der Waals surface area contributed by atoms with Gasteiger partial charge in [0, 0.05) is 18.7 Å². The van der Waals surface area contributed by atoms with Crippen LogP contribution in [0, 0.1) is 32.1 Å². The molecular formula is C21H25N3O3. The number of amides is 1. The topological polar surface area (TPSA) is 95.0 Å². The van der Waals surface area contributed by atoms with Crippen LogP contribution in [0.25, 0.3) is 0 Å². The minimum absolute atomic E-state index is 0.0611. The molecule has 6 nitrogen and oxygen atoms in total. The van der Waals surface area contributed by atoms with Gasteiger partial charge < -0.3 is 15.0 Å². The second-order valence-corrected chi connectivity index (χ2v) is 6.54. The number of aromatic amines is 1. The quantitative estimate of drug-likeness (QED) is 0.701. The average molecular weight is 367 g/mol. The van der Waals surface area contributed by atoms with Crippen LogP contribution < -0.4 is 15.6 Å². The Morgan fingerprint density at radius 1 is 1.30 bits per heavy atom. The van der Waals surface area contributed by atoms with Gasteiger partial charge in [0.2, 0.25) is 5.91 Å². The van der Waals surface area contributed by atoms with Gasteiger partial charge in [0.1, 0.15) is 17.4 Å². The Morgan fingerprint density at radius 2 is 2.07 bits per heavy atom. The second-order valence-electron chi connectivity index (χ2n) is 6.54. The first-order chi connectivity index (χ1) is 12.9. The summed E-state index contributed by atoms with van der Waals surface area (Å²) in [5.74, 6) is 0.771. The summed E-state index contributed by atoms with van der Waals surface area (Å²) >= 11 is 0. The maximum Gasteiger partial charge on any atom is 0.266 e. The first-order valence-electron chi connectivity index (χ1n) is 9.01. The van der Waals surface area contributed by atoms with Crippen LogP contribution in [0.3, 0.4) is 0 Å². The Balaban J connectivity index is 1.75. The first kappa shape index (κ1) is 20.2. The predicted molar refractivity (Wildman–Crippen MR) is 104 cm³/mol. The van der Waals surface area contributed by atoms with E-state index in [0.717, 1.165) is 23.3 Å². The molecule has 2 N–H and O–H groups in total. The standard InChI is InChI=1S/C21H25N3O3/c1-14-6-4-7-17(12-14)27-11-5-10-23-20(25)9-8-18-15(2)19(13-22)21(26)24-16(18)3/h4,6-7,12H,5,8-11H2,1-3H3,(H,23,25)(H,24,26). The van der Waals surface area contributed by atoms with Gasteiger partial charge in [-0.3, -0.25) is 9.59 Å². The summed E-state index contributed by atoms with van der Waals surface area (Å²) in [5.41, 5.74) is 3.09. The van der Waals surface area contributed by atoms with Gasteiger partial charge in [-0.2, -0.15) is 5.26 Å². The smallest absolute Gasteiger partial charge is 0.266 e. The van der Waals surface area contributed by atoms with Gasteiger partial charge in [-0.05, 0) is 62.4 Å². The number of rotatable bonds is 8. The summed E-state index contributed by atoms with van der Waals surface area (Å²) in [6.07, 6.45) is 1.50. The van der Waals surface area contributed by atoms with Crippen LogP contribution in [0.5, 0.6) is 5.75 Å². The van der Waals surface area contributed by atoms with E-state index in [-0.39, 0.29) is 17.0 Å². The zero-order valence-corrected chi connectivity index (χ0v) is 16.0. The normalized spacial score (nSPS) is 10.3. The molecule has 1 aromatic carbocycles. The Hall–Kier alpha value is -3.07. The number of ether oxygens (including phenoxy) is 1. The number of benzene rings is 1. The molecule has 0 saturated carbocycles. The van der Waals surface area contributed by atoms with E-state index < -0.39 is 0 Å². The molecule has 0 aliphatic carbocycles. The summed E-state index contributed by atoms with van der Waals surface area (Å²) in [6, 6.07) is 9.78. The summed E-state index contributed by atoms with van der Waals surface area (Å²) in [6.45, 7) is 6.62. The fraction of sp³-hybridized carbons (Fsp3) is 0.381. The lowest BCUT2D eigenvalue weighted by Gasteiger charge is -2.11. The molecule has 1 heterocycles. The lowest BCUT2D eigenvalue weighted by atomic mass is 9.99. The molecule has 1 amide bonds. The van der Waals surface area contributed by atoms with E-state index in [1.165, 1.54) is 0 Å². The van der Waals surface area contributed by atoms with Gasteiger partial charge in [0.15, 0.2) is 0 Å². The number of nitrogens with zero attached hydrogens (tertiary/aromatic N) is 1. The van der Waals surface area contributed by atoms with Crippen molar-refractivity contribution < 1.29 is 9.53 Å². The Bertz CT molecular complexity index is 910. The van der Waals surface area contributed by atoms with Crippen LogP contribution in [-0.2, 0) is 11.2 Å². The number of carbonyl (C=O) groups is 1. The third-order valence-electron chi connectivity index (χ3n) is 4.42. The molecule has 2 rings (SSSR count). The van der Waals surface area contributed by atoms with Crippen molar-refractivity contribution in [3.05, 3.63) is 62.6 Å². The fourth-order valence-electron chi connectivity index (χ4n) is 2.94. The summed E-state index contributed by atoms with van der Waals surface area (Å²) in [5, 5.41) is 12.0. The number of nitrogens with one attached hydrogen (secondary N) is 2.